The van der Waals surface area contributed by atoms with Gasteiger partial charge in [-0.3, -0.25) is 4.79 Å². The molecule has 0 atom stereocenters. The average Bonchev–Trinajstić information content (AvgIpc) is 2.71. The Bertz CT molecular complexity index is 546. The summed E-state index contributed by atoms with van der Waals surface area (Å²) in [4.78, 5) is 11.0. The van der Waals surface area contributed by atoms with Gasteiger partial charge in [-0.15, -0.1) is 5.10 Å². The molecule has 0 spiro atoms. The molecular weight excluding hydrogens is 222 g/mol. The van der Waals surface area contributed by atoms with Gasteiger partial charge in [-0.1, -0.05) is 5.21 Å². The molecule has 1 aromatic heterocycles. The minimum absolute atomic E-state index is 0.0409. The molecule has 1 aromatic carbocycles. The first-order valence-electron chi connectivity index (χ1n) is 4.79. The van der Waals surface area contributed by atoms with Gasteiger partial charge in [0.1, 0.15) is 5.75 Å². The number of carbonyl (C=O) groups is 1. The van der Waals surface area contributed by atoms with Crippen molar-refractivity contribution in [3.05, 3.63) is 30.0 Å². The Kier molecular flexibility index (Phi) is 2.65. The van der Waals surface area contributed by atoms with Crippen molar-refractivity contribution in [2.24, 2.45) is 5.73 Å². The van der Waals surface area contributed by atoms with Crippen LogP contribution in [0, 0.1) is 0 Å². The third-order valence-corrected chi connectivity index (χ3v) is 2.26. The van der Waals surface area contributed by atoms with Gasteiger partial charge in [0, 0.05) is 0 Å². The summed E-state index contributed by atoms with van der Waals surface area (Å²) in [6, 6.07) is 6.99. The van der Waals surface area contributed by atoms with Crippen molar-refractivity contribution < 1.29 is 9.53 Å². The topological polar surface area (TPSA) is 109 Å². The van der Waals surface area contributed by atoms with Crippen LogP contribution in [0.2, 0.25) is 0 Å². The molecule has 0 aliphatic heterocycles. The predicted molar refractivity (Wildman–Crippen MR) is 60.8 cm³/mol. The van der Waals surface area contributed by atoms with Gasteiger partial charge in [0.2, 0.25) is 0 Å². The number of methoxy groups -OCH3 is 1. The van der Waals surface area contributed by atoms with Crippen molar-refractivity contribution in [3.63, 3.8) is 0 Å². The van der Waals surface area contributed by atoms with Gasteiger partial charge in [-0.2, -0.15) is 4.68 Å². The van der Waals surface area contributed by atoms with Crippen molar-refractivity contribution in [1.29, 1.82) is 0 Å². The minimum atomic E-state index is -0.706. The van der Waals surface area contributed by atoms with Crippen LogP contribution in [0.15, 0.2) is 24.3 Å². The maximum absolute atomic E-state index is 11.0. The Balaban J connectivity index is 2.42. The Morgan fingerprint density at radius 2 is 2.00 bits per heavy atom. The predicted octanol–water partition coefficient (Wildman–Crippen LogP) is -0.0430. The minimum Gasteiger partial charge on any atom is -0.497 e. The molecule has 0 radical (unpaired) electrons. The SMILES string of the molecule is COc1ccc(-n2nnc(C(N)=O)c2N)cc1. The van der Waals surface area contributed by atoms with Crippen molar-refractivity contribution in [1.82, 2.24) is 15.0 Å². The monoisotopic (exact) mass is 233 g/mol. The second-order valence-electron chi connectivity index (χ2n) is 3.30. The van der Waals surface area contributed by atoms with Crippen LogP contribution >= 0.6 is 0 Å². The quantitative estimate of drug-likeness (QED) is 0.772. The van der Waals surface area contributed by atoms with E-state index in [1.54, 1.807) is 31.4 Å². The van der Waals surface area contributed by atoms with Crippen LogP contribution in [0.1, 0.15) is 10.5 Å². The molecule has 0 saturated heterocycles. The van der Waals surface area contributed by atoms with Gasteiger partial charge in [0.05, 0.1) is 12.8 Å². The summed E-state index contributed by atoms with van der Waals surface area (Å²) in [5.74, 6) is 0.118. The number of primary amides is 1. The normalized spacial score (nSPS) is 10.2. The largest absolute Gasteiger partial charge is 0.497 e. The number of aromatic nitrogens is 3. The van der Waals surface area contributed by atoms with E-state index in [0.717, 1.165) is 0 Å². The summed E-state index contributed by atoms with van der Waals surface area (Å²) >= 11 is 0. The van der Waals surface area contributed by atoms with Crippen LogP contribution in [0.3, 0.4) is 0 Å². The van der Waals surface area contributed by atoms with Crippen LogP contribution in [-0.2, 0) is 0 Å². The van der Waals surface area contributed by atoms with Crippen LogP contribution in [0.4, 0.5) is 5.82 Å². The molecular formula is C10H11N5O2. The Morgan fingerprint density at radius 1 is 1.35 bits per heavy atom. The smallest absolute Gasteiger partial charge is 0.273 e. The van der Waals surface area contributed by atoms with E-state index in [1.165, 1.54) is 4.68 Å². The van der Waals surface area contributed by atoms with Crippen molar-refractivity contribution in [3.8, 4) is 11.4 Å². The lowest BCUT2D eigenvalue weighted by Gasteiger charge is -2.04. The molecule has 0 aliphatic rings. The highest BCUT2D eigenvalue weighted by atomic mass is 16.5. The van der Waals surface area contributed by atoms with Crippen LogP contribution in [0.25, 0.3) is 5.69 Å². The van der Waals surface area contributed by atoms with Crippen molar-refractivity contribution in [2.75, 3.05) is 12.8 Å². The molecule has 2 aromatic rings. The number of nitrogens with zero attached hydrogens (tertiary/aromatic N) is 3. The molecule has 2 rings (SSSR count). The maximum Gasteiger partial charge on any atom is 0.273 e. The lowest BCUT2D eigenvalue weighted by molar-refractivity contribution is 0.0996. The fourth-order valence-electron chi connectivity index (χ4n) is 1.38. The molecule has 7 nitrogen and oxygen atoms in total. The van der Waals surface area contributed by atoms with Crippen LogP contribution < -0.4 is 16.2 Å². The molecule has 1 heterocycles. The Labute approximate surface area is 97.0 Å². The van der Waals surface area contributed by atoms with E-state index >= 15 is 0 Å². The highest BCUT2D eigenvalue weighted by molar-refractivity contribution is 5.95. The second-order valence-corrected chi connectivity index (χ2v) is 3.30. The highest BCUT2D eigenvalue weighted by Gasteiger charge is 2.15. The number of hydrogen-bond acceptors (Lipinski definition) is 5. The number of amides is 1. The number of carbonyl (C=O) groups excluding carboxylic acids is 1. The lowest BCUT2D eigenvalue weighted by Crippen LogP contribution is -2.14. The average molecular weight is 233 g/mol. The van der Waals surface area contributed by atoms with Gasteiger partial charge in [-0.25, -0.2) is 0 Å². The number of ether oxygens (including phenoxy) is 1. The molecule has 4 N–H and O–H groups in total. The summed E-state index contributed by atoms with van der Waals surface area (Å²) in [6.45, 7) is 0. The zero-order valence-corrected chi connectivity index (χ0v) is 9.12. The summed E-state index contributed by atoms with van der Waals surface area (Å²) < 4.78 is 6.36. The zero-order valence-electron chi connectivity index (χ0n) is 9.12. The van der Waals surface area contributed by atoms with E-state index in [4.69, 9.17) is 16.2 Å². The zero-order chi connectivity index (χ0) is 12.4. The standard InChI is InChI=1S/C10H11N5O2/c1-17-7-4-2-6(3-5-7)15-9(11)8(10(12)16)13-14-15/h2-5H,11H2,1H3,(H2,12,16). The Hall–Kier alpha value is -2.57. The van der Waals surface area contributed by atoms with Crippen LogP contribution in [0.5, 0.6) is 5.75 Å². The fourth-order valence-corrected chi connectivity index (χ4v) is 1.38. The van der Waals surface area contributed by atoms with E-state index < -0.39 is 5.91 Å². The van der Waals surface area contributed by atoms with E-state index in [2.05, 4.69) is 10.3 Å². The van der Waals surface area contributed by atoms with E-state index in [1.807, 2.05) is 0 Å². The molecule has 0 aliphatic carbocycles. The Morgan fingerprint density at radius 3 is 2.47 bits per heavy atom. The third kappa shape index (κ3) is 1.89. The van der Waals surface area contributed by atoms with Gasteiger partial charge >= 0.3 is 0 Å². The van der Waals surface area contributed by atoms with Gasteiger partial charge < -0.3 is 16.2 Å². The van der Waals surface area contributed by atoms with Gasteiger partial charge in [0.25, 0.3) is 5.91 Å². The number of nitrogens with two attached hydrogens (primary N) is 2. The van der Waals surface area contributed by atoms with Gasteiger partial charge in [-0.05, 0) is 24.3 Å². The number of nitrogen functional groups attached to an aromatic ring is 1. The molecule has 0 bridgehead atoms. The van der Waals surface area contributed by atoms with E-state index in [-0.39, 0.29) is 11.5 Å². The first-order chi connectivity index (χ1) is 8.13. The lowest BCUT2D eigenvalue weighted by atomic mass is 10.3. The molecule has 1 amide bonds. The maximum atomic E-state index is 11.0. The van der Waals surface area contributed by atoms with Crippen LogP contribution in [-0.4, -0.2) is 28.0 Å². The van der Waals surface area contributed by atoms with Gasteiger partial charge in [0.15, 0.2) is 11.5 Å². The third-order valence-electron chi connectivity index (χ3n) is 2.26. The molecule has 0 unspecified atom stereocenters. The summed E-state index contributed by atoms with van der Waals surface area (Å²) in [6.07, 6.45) is 0. The first-order valence-corrected chi connectivity index (χ1v) is 4.79. The van der Waals surface area contributed by atoms with E-state index in [0.29, 0.717) is 11.4 Å². The van der Waals surface area contributed by atoms with E-state index in [9.17, 15) is 4.79 Å². The summed E-state index contributed by atoms with van der Waals surface area (Å²) in [7, 11) is 1.57. The number of anilines is 1. The molecule has 17 heavy (non-hydrogen) atoms. The molecule has 0 saturated carbocycles. The second kappa shape index (κ2) is 4.12. The highest BCUT2D eigenvalue weighted by Crippen LogP contribution is 2.17. The summed E-state index contributed by atoms with van der Waals surface area (Å²) in [5, 5.41) is 7.38. The number of rotatable bonds is 3. The number of hydrogen-bond donors (Lipinski definition) is 2. The number of benzene rings is 1. The summed E-state index contributed by atoms with van der Waals surface area (Å²) in [5.41, 5.74) is 11.4. The van der Waals surface area contributed by atoms with Crippen molar-refractivity contribution >= 4 is 11.7 Å². The first kappa shape index (κ1) is 10.9. The molecule has 88 valence electrons. The molecule has 0 fully saturated rings. The fraction of sp³-hybridized carbons (Fsp3) is 0.100. The molecule has 7 heteroatoms. The van der Waals surface area contributed by atoms with Crippen molar-refractivity contribution in [2.45, 2.75) is 0 Å².